The van der Waals surface area contributed by atoms with Gasteiger partial charge in [0.25, 0.3) is 5.91 Å². The first-order valence-electron chi connectivity index (χ1n) is 13.6. The summed E-state index contributed by atoms with van der Waals surface area (Å²) in [7, 11) is 0. The predicted molar refractivity (Wildman–Crippen MR) is 152 cm³/mol. The predicted octanol–water partition coefficient (Wildman–Crippen LogP) is 5.19. The highest BCUT2D eigenvalue weighted by molar-refractivity contribution is 14.1. The topological polar surface area (TPSA) is 62.2 Å². The van der Waals surface area contributed by atoms with Gasteiger partial charge in [0.15, 0.2) is 5.76 Å². The summed E-state index contributed by atoms with van der Waals surface area (Å²) in [6, 6.07) is 16.8. The van der Waals surface area contributed by atoms with Crippen molar-refractivity contribution < 1.29 is 19.4 Å². The van der Waals surface area contributed by atoms with Crippen LogP contribution in [-0.4, -0.2) is 59.3 Å². The number of benzene rings is 2. The van der Waals surface area contributed by atoms with Gasteiger partial charge < -0.3 is 24.4 Å². The van der Waals surface area contributed by atoms with Crippen LogP contribution in [0.4, 0.5) is 0 Å². The van der Waals surface area contributed by atoms with E-state index >= 15 is 0 Å². The highest BCUT2D eigenvalue weighted by atomic mass is 127. The number of rotatable bonds is 7. The number of piperidine rings is 2. The van der Waals surface area contributed by atoms with E-state index in [-0.39, 0.29) is 18.4 Å². The maximum atomic E-state index is 13.6. The van der Waals surface area contributed by atoms with Gasteiger partial charge in [-0.2, -0.15) is 0 Å². The van der Waals surface area contributed by atoms with E-state index < -0.39 is 6.29 Å². The molecule has 2 saturated heterocycles. The lowest BCUT2D eigenvalue weighted by molar-refractivity contribution is -0.157. The number of aliphatic hydroxyl groups is 1. The zero-order chi connectivity index (χ0) is 25.6. The second kappa shape index (κ2) is 12.7. The number of carbonyl (C=O) groups is 1. The number of carbonyl (C=O) groups excluding carboxylic acids is 1. The average molecular weight is 617 g/mol. The number of halogens is 1. The SMILES string of the molecule is O=C(C1=C[C@H](c2ccc(I)cc2)C[C@H](OCc2ccc(CO)cc2)O1)N1CCC(N2CCCCC2)CC1. The number of allylic oxidation sites excluding steroid dienone is 1. The summed E-state index contributed by atoms with van der Waals surface area (Å²) in [6.45, 7) is 4.36. The minimum Gasteiger partial charge on any atom is -0.459 e. The summed E-state index contributed by atoms with van der Waals surface area (Å²) in [6.07, 6.45) is 8.15. The third-order valence-corrected chi connectivity index (χ3v) is 8.59. The van der Waals surface area contributed by atoms with Gasteiger partial charge in [0.05, 0.1) is 13.2 Å². The highest BCUT2D eigenvalue weighted by Crippen LogP contribution is 2.33. The van der Waals surface area contributed by atoms with E-state index in [1.54, 1.807) is 0 Å². The van der Waals surface area contributed by atoms with Gasteiger partial charge in [-0.3, -0.25) is 4.79 Å². The molecule has 5 rings (SSSR count). The molecule has 1 amide bonds. The molecule has 2 fully saturated rings. The monoisotopic (exact) mass is 616 g/mol. The minimum atomic E-state index is -0.503. The molecule has 3 heterocycles. The van der Waals surface area contributed by atoms with Crippen LogP contribution < -0.4 is 0 Å². The van der Waals surface area contributed by atoms with Gasteiger partial charge in [-0.25, -0.2) is 0 Å². The van der Waals surface area contributed by atoms with Crippen molar-refractivity contribution >= 4 is 28.5 Å². The Hall–Kier alpha value is -1.94. The van der Waals surface area contributed by atoms with Gasteiger partial charge in [-0.05, 0) is 96.3 Å². The summed E-state index contributed by atoms with van der Waals surface area (Å²) in [4.78, 5) is 18.2. The van der Waals surface area contributed by atoms with Crippen LogP contribution in [0.1, 0.15) is 61.1 Å². The van der Waals surface area contributed by atoms with E-state index in [4.69, 9.17) is 9.47 Å². The molecule has 198 valence electrons. The number of hydrogen-bond donors (Lipinski definition) is 1. The molecule has 2 atom stereocenters. The first kappa shape index (κ1) is 26.7. The number of aliphatic hydroxyl groups excluding tert-OH is 1. The van der Waals surface area contributed by atoms with E-state index in [1.807, 2.05) is 35.2 Å². The van der Waals surface area contributed by atoms with Crippen molar-refractivity contribution in [3.63, 3.8) is 0 Å². The Balaban J connectivity index is 1.26. The van der Waals surface area contributed by atoms with Crippen molar-refractivity contribution in [1.29, 1.82) is 0 Å². The molecule has 1 N–H and O–H groups in total. The van der Waals surface area contributed by atoms with E-state index in [0.717, 1.165) is 37.1 Å². The van der Waals surface area contributed by atoms with E-state index in [1.165, 1.54) is 41.5 Å². The van der Waals surface area contributed by atoms with E-state index in [9.17, 15) is 9.90 Å². The van der Waals surface area contributed by atoms with Crippen molar-refractivity contribution in [3.05, 3.63) is 80.6 Å². The lowest BCUT2D eigenvalue weighted by Crippen LogP contribution is -2.49. The van der Waals surface area contributed by atoms with Gasteiger partial charge in [0.2, 0.25) is 6.29 Å². The first-order chi connectivity index (χ1) is 18.1. The second-order valence-electron chi connectivity index (χ2n) is 10.4. The number of amides is 1. The third-order valence-electron chi connectivity index (χ3n) is 7.87. The first-order valence-corrected chi connectivity index (χ1v) is 14.6. The lowest BCUT2D eigenvalue weighted by Gasteiger charge is -2.40. The largest absolute Gasteiger partial charge is 0.459 e. The average Bonchev–Trinajstić information content (AvgIpc) is 2.97. The fourth-order valence-corrected chi connectivity index (χ4v) is 6.02. The molecular formula is C30H37IN2O4. The van der Waals surface area contributed by atoms with Crippen molar-refractivity contribution in [3.8, 4) is 0 Å². The smallest absolute Gasteiger partial charge is 0.288 e. The van der Waals surface area contributed by atoms with Gasteiger partial charge in [-0.1, -0.05) is 42.8 Å². The Morgan fingerprint density at radius 3 is 2.30 bits per heavy atom. The van der Waals surface area contributed by atoms with E-state index in [0.29, 0.717) is 24.8 Å². The number of likely N-dealkylation sites (tertiary alicyclic amines) is 2. The van der Waals surface area contributed by atoms with Crippen LogP contribution >= 0.6 is 22.6 Å². The molecule has 3 aliphatic heterocycles. The Bertz CT molecular complexity index is 1060. The van der Waals surface area contributed by atoms with Crippen molar-refractivity contribution in [1.82, 2.24) is 9.80 Å². The molecule has 37 heavy (non-hydrogen) atoms. The van der Waals surface area contributed by atoms with Crippen LogP contribution in [0.5, 0.6) is 0 Å². The van der Waals surface area contributed by atoms with Crippen LogP contribution in [0, 0.1) is 3.57 Å². The normalized spacial score (nSPS) is 23.4. The molecule has 2 aromatic rings. The zero-order valence-electron chi connectivity index (χ0n) is 21.4. The summed E-state index contributed by atoms with van der Waals surface area (Å²) in [5, 5.41) is 9.29. The van der Waals surface area contributed by atoms with Crippen LogP contribution in [0.25, 0.3) is 0 Å². The van der Waals surface area contributed by atoms with Crippen LogP contribution in [0.2, 0.25) is 0 Å². The zero-order valence-corrected chi connectivity index (χ0v) is 23.5. The second-order valence-corrected chi connectivity index (χ2v) is 11.6. The standard InChI is InChI=1S/C30H37IN2O4/c31-26-10-8-24(9-11-26)25-18-28(37-29(19-25)36-21-23-6-4-22(20-34)5-7-23)30(35)33-16-12-27(13-17-33)32-14-2-1-3-15-32/h4-11,18,25,27,29,34H,1-3,12-17,19-21H2/t25-,29+/m0/s1. The maximum absolute atomic E-state index is 13.6. The third kappa shape index (κ3) is 6.93. The molecule has 0 radical (unpaired) electrons. The van der Waals surface area contributed by atoms with Gasteiger partial charge >= 0.3 is 0 Å². The molecular weight excluding hydrogens is 579 g/mol. The van der Waals surface area contributed by atoms with Crippen LogP contribution in [-0.2, 0) is 27.5 Å². The fourth-order valence-electron chi connectivity index (χ4n) is 5.66. The van der Waals surface area contributed by atoms with Crippen molar-refractivity contribution in [2.45, 2.75) is 70.0 Å². The maximum Gasteiger partial charge on any atom is 0.288 e. The summed E-state index contributed by atoms with van der Waals surface area (Å²) >= 11 is 2.31. The molecule has 0 spiro atoms. The molecule has 2 aromatic carbocycles. The molecule has 0 aliphatic carbocycles. The molecule has 0 saturated carbocycles. The molecule has 0 bridgehead atoms. The quantitative estimate of drug-likeness (QED) is 0.434. The Morgan fingerprint density at radius 1 is 0.946 bits per heavy atom. The molecule has 7 heteroatoms. The minimum absolute atomic E-state index is 0.0202. The molecule has 6 nitrogen and oxygen atoms in total. The fraction of sp³-hybridized carbons (Fsp3) is 0.500. The number of hydrogen-bond acceptors (Lipinski definition) is 5. The molecule has 3 aliphatic rings. The van der Waals surface area contributed by atoms with Gasteiger partial charge in [0.1, 0.15) is 0 Å². The van der Waals surface area contributed by atoms with Crippen molar-refractivity contribution in [2.75, 3.05) is 26.2 Å². The van der Waals surface area contributed by atoms with Crippen LogP contribution in [0.3, 0.4) is 0 Å². The van der Waals surface area contributed by atoms with Gasteiger partial charge in [0, 0.05) is 35.0 Å². The Morgan fingerprint density at radius 2 is 1.62 bits per heavy atom. The lowest BCUT2D eigenvalue weighted by atomic mass is 9.92. The molecule has 0 unspecified atom stereocenters. The number of nitrogens with zero attached hydrogens (tertiary/aromatic N) is 2. The molecule has 0 aromatic heterocycles. The van der Waals surface area contributed by atoms with Crippen molar-refractivity contribution in [2.24, 2.45) is 0 Å². The van der Waals surface area contributed by atoms with E-state index in [2.05, 4.69) is 51.8 Å². The van der Waals surface area contributed by atoms with Gasteiger partial charge in [-0.15, -0.1) is 0 Å². The summed E-state index contributed by atoms with van der Waals surface area (Å²) < 4.78 is 13.5. The Labute approximate surface area is 233 Å². The Kier molecular flexibility index (Phi) is 9.18. The summed E-state index contributed by atoms with van der Waals surface area (Å²) in [5.41, 5.74) is 3.05. The summed E-state index contributed by atoms with van der Waals surface area (Å²) in [5.74, 6) is 0.442. The van der Waals surface area contributed by atoms with Crippen LogP contribution in [0.15, 0.2) is 60.4 Å². The highest BCUT2D eigenvalue weighted by Gasteiger charge is 2.33. The number of ether oxygens (including phenoxy) is 2.